The summed E-state index contributed by atoms with van der Waals surface area (Å²) in [6.07, 6.45) is 2.08. The average molecular weight is 301 g/mol. The van der Waals surface area contributed by atoms with Gasteiger partial charge in [0.15, 0.2) is 0 Å². The SMILES string of the molecule is CC1CCN(C(=O)c2ccc(F)cn2)C1CBr. The molecule has 1 aliphatic rings. The van der Waals surface area contributed by atoms with Gasteiger partial charge in [-0.05, 0) is 24.5 Å². The zero-order valence-corrected chi connectivity index (χ0v) is 11.2. The highest BCUT2D eigenvalue weighted by Crippen LogP contribution is 2.26. The Bertz CT molecular complexity index is 409. The lowest BCUT2D eigenvalue weighted by atomic mass is 10.1. The predicted molar refractivity (Wildman–Crippen MR) is 66.6 cm³/mol. The van der Waals surface area contributed by atoms with E-state index in [0.717, 1.165) is 24.5 Å². The Hall–Kier alpha value is -0.970. The summed E-state index contributed by atoms with van der Waals surface area (Å²) >= 11 is 3.44. The number of rotatable bonds is 2. The van der Waals surface area contributed by atoms with Crippen LogP contribution < -0.4 is 0 Å². The molecule has 1 amide bonds. The minimum absolute atomic E-state index is 0.112. The highest BCUT2D eigenvalue weighted by Gasteiger charge is 2.34. The van der Waals surface area contributed by atoms with Gasteiger partial charge < -0.3 is 4.90 Å². The molecule has 92 valence electrons. The van der Waals surface area contributed by atoms with Crippen molar-refractivity contribution in [3.63, 3.8) is 0 Å². The Morgan fingerprint density at radius 3 is 3.00 bits per heavy atom. The molecule has 17 heavy (non-hydrogen) atoms. The molecule has 3 nitrogen and oxygen atoms in total. The molecule has 2 atom stereocenters. The number of alkyl halides is 1. The van der Waals surface area contributed by atoms with Crippen LogP contribution in [-0.4, -0.2) is 33.7 Å². The van der Waals surface area contributed by atoms with E-state index in [1.807, 2.05) is 4.90 Å². The lowest BCUT2D eigenvalue weighted by Gasteiger charge is -2.24. The van der Waals surface area contributed by atoms with Crippen molar-refractivity contribution in [1.82, 2.24) is 9.88 Å². The maximum Gasteiger partial charge on any atom is 0.272 e. The quantitative estimate of drug-likeness (QED) is 0.786. The van der Waals surface area contributed by atoms with Crippen LogP contribution in [0.1, 0.15) is 23.8 Å². The van der Waals surface area contributed by atoms with Gasteiger partial charge >= 0.3 is 0 Å². The maximum absolute atomic E-state index is 12.7. The van der Waals surface area contributed by atoms with Crippen LogP contribution in [0.5, 0.6) is 0 Å². The minimum Gasteiger partial charge on any atom is -0.333 e. The Morgan fingerprint density at radius 2 is 2.41 bits per heavy atom. The fourth-order valence-electron chi connectivity index (χ4n) is 2.15. The molecule has 1 aromatic heterocycles. The van der Waals surface area contributed by atoms with Crippen LogP contribution in [0.4, 0.5) is 4.39 Å². The summed E-state index contributed by atoms with van der Waals surface area (Å²) in [5.74, 6) is -0.0500. The van der Waals surface area contributed by atoms with E-state index in [4.69, 9.17) is 0 Å². The van der Waals surface area contributed by atoms with E-state index in [1.165, 1.54) is 12.1 Å². The van der Waals surface area contributed by atoms with Crippen molar-refractivity contribution < 1.29 is 9.18 Å². The molecule has 5 heteroatoms. The summed E-state index contributed by atoms with van der Waals surface area (Å²) in [5.41, 5.74) is 0.312. The Balaban J connectivity index is 2.17. The Labute approximate surface area is 108 Å². The van der Waals surface area contributed by atoms with Crippen molar-refractivity contribution in [1.29, 1.82) is 0 Å². The highest BCUT2D eigenvalue weighted by molar-refractivity contribution is 9.09. The number of hydrogen-bond acceptors (Lipinski definition) is 2. The minimum atomic E-state index is -0.423. The molecular formula is C12H14BrFN2O. The van der Waals surface area contributed by atoms with Crippen molar-refractivity contribution in [3.05, 3.63) is 29.8 Å². The lowest BCUT2D eigenvalue weighted by Crippen LogP contribution is -2.38. The summed E-state index contributed by atoms with van der Waals surface area (Å²) in [4.78, 5) is 17.8. The number of amides is 1. The number of halogens is 2. The second kappa shape index (κ2) is 5.12. The monoisotopic (exact) mass is 300 g/mol. The maximum atomic E-state index is 12.7. The topological polar surface area (TPSA) is 33.2 Å². The van der Waals surface area contributed by atoms with Gasteiger partial charge in [-0.2, -0.15) is 0 Å². The van der Waals surface area contributed by atoms with E-state index in [9.17, 15) is 9.18 Å². The van der Waals surface area contributed by atoms with Gasteiger partial charge in [0.2, 0.25) is 0 Å². The van der Waals surface area contributed by atoms with Crippen LogP contribution in [0.15, 0.2) is 18.3 Å². The molecule has 0 spiro atoms. The highest BCUT2D eigenvalue weighted by atomic mass is 79.9. The fourth-order valence-corrected chi connectivity index (χ4v) is 3.13. The molecule has 0 N–H and O–H groups in total. The summed E-state index contributed by atoms with van der Waals surface area (Å²) in [6, 6.07) is 2.91. The van der Waals surface area contributed by atoms with Crippen molar-refractivity contribution >= 4 is 21.8 Å². The van der Waals surface area contributed by atoms with Crippen molar-refractivity contribution in [2.24, 2.45) is 5.92 Å². The largest absolute Gasteiger partial charge is 0.333 e. The Kier molecular flexibility index (Phi) is 3.76. The first-order chi connectivity index (χ1) is 8.13. The standard InChI is InChI=1S/C12H14BrFN2O/c1-8-4-5-16(11(8)6-13)12(17)10-3-2-9(14)7-15-10/h2-3,7-8,11H,4-6H2,1H3. The summed E-state index contributed by atoms with van der Waals surface area (Å²) in [6.45, 7) is 2.88. The molecule has 1 fully saturated rings. The first-order valence-corrected chi connectivity index (χ1v) is 6.74. The molecule has 0 aromatic carbocycles. The van der Waals surface area contributed by atoms with Gasteiger partial charge in [-0.15, -0.1) is 0 Å². The molecule has 0 aliphatic carbocycles. The average Bonchev–Trinajstić information content (AvgIpc) is 2.70. The van der Waals surface area contributed by atoms with E-state index >= 15 is 0 Å². The number of carbonyl (C=O) groups is 1. The first-order valence-electron chi connectivity index (χ1n) is 5.62. The lowest BCUT2D eigenvalue weighted by molar-refractivity contribution is 0.0732. The van der Waals surface area contributed by atoms with Gasteiger partial charge in [-0.25, -0.2) is 9.37 Å². The van der Waals surface area contributed by atoms with Gasteiger partial charge in [-0.3, -0.25) is 4.79 Å². The van der Waals surface area contributed by atoms with Crippen molar-refractivity contribution in [3.8, 4) is 0 Å². The molecule has 0 bridgehead atoms. The third-order valence-corrected chi connectivity index (χ3v) is 3.91. The van der Waals surface area contributed by atoms with Crippen LogP contribution in [0.2, 0.25) is 0 Å². The predicted octanol–water partition coefficient (Wildman–Crippen LogP) is 2.47. The van der Waals surface area contributed by atoms with Gasteiger partial charge in [0.25, 0.3) is 5.91 Å². The van der Waals surface area contributed by atoms with Crippen molar-refractivity contribution in [2.45, 2.75) is 19.4 Å². The first kappa shape index (κ1) is 12.5. The van der Waals surface area contributed by atoms with Gasteiger partial charge in [0.05, 0.1) is 6.20 Å². The smallest absolute Gasteiger partial charge is 0.272 e. The zero-order chi connectivity index (χ0) is 12.4. The van der Waals surface area contributed by atoms with Crippen LogP contribution in [0.3, 0.4) is 0 Å². The van der Waals surface area contributed by atoms with Crippen LogP contribution >= 0.6 is 15.9 Å². The second-order valence-corrected chi connectivity index (χ2v) is 5.00. The van der Waals surface area contributed by atoms with Crippen LogP contribution in [0, 0.1) is 11.7 Å². The van der Waals surface area contributed by atoms with E-state index in [0.29, 0.717) is 11.6 Å². The molecule has 2 rings (SSSR count). The normalized spacial score (nSPS) is 24.1. The number of pyridine rings is 1. The van der Waals surface area contributed by atoms with Gasteiger partial charge in [0, 0.05) is 17.9 Å². The van der Waals surface area contributed by atoms with Crippen molar-refractivity contribution in [2.75, 3.05) is 11.9 Å². The summed E-state index contributed by atoms with van der Waals surface area (Å²) in [5, 5.41) is 0.765. The van der Waals surface area contributed by atoms with Gasteiger partial charge in [-0.1, -0.05) is 22.9 Å². The molecule has 0 saturated carbocycles. The molecular weight excluding hydrogens is 287 g/mol. The van der Waals surface area contributed by atoms with E-state index in [1.54, 1.807) is 0 Å². The summed E-state index contributed by atoms with van der Waals surface area (Å²) in [7, 11) is 0. The molecule has 2 unspecified atom stereocenters. The molecule has 1 aromatic rings. The molecule has 1 aliphatic heterocycles. The van der Waals surface area contributed by atoms with Crippen LogP contribution in [0.25, 0.3) is 0 Å². The number of aromatic nitrogens is 1. The number of hydrogen-bond donors (Lipinski definition) is 0. The van der Waals surface area contributed by atoms with E-state index < -0.39 is 5.82 Å². The van der Waals surface area contributed by atoms with E-state index in [2.05, 4.69) is 27.8 Å². The number of likely N-dealkylation sites (tertiary alicyclic amines) is 1. The number of carbonyl (C=O) groups excluding carboxylic acids is 1. The number of nitrogens with zero attached hydrogens (tertiary/aromatic N) is 2. The van der Waals surface area contributed by atoms with Gasteiger partial charge in [0.1, 0.15) is 11.5 Å². The third kappa shape index (κ3) is 2.49. The fraction of sp³-hybridized carbons (Fsp3) is 0.500. The third-order valence-electron chi connectivity index (χ3n) is 3.25. The molecule has 1 saturated heterocycles. The second-order valence-electron chi connectivity index (χ2n) is 4.35. The summed E-state index contributed by atoms with van der Waals surface area (Å²) < 4.78 is 12.7. The Morgan fingerprint density at radius 1 is 1.65 bits per heavy atom. The molecule has 0 radical (unpaired) electrons. The van der Waals surface area contributed by atoms with Crippen LogP contribution in [-0.2, 0) is 0 Å². The zero-order valence-electron chi connectivity index (χ0n) is 9.57. The molecule has 2 heterocycles. The van der Waals surface area contributed by atoms with E-state index in [-0.39, 0.29) is 11.9 Å².